The number of ether oxygens (including phenoxy) is 4. The minimum absolute atomic E-state index is 0.164. The summed E-state index contributed by atoms with van der Waals surface area (Å²) in [6, 6.07) is 0. The first-order valence-electron chi connectivity index (χ1n) is 28.9. The maximum absolute atomic E-state index is 12.9. The van der Waals surface area contributed by atoms with Gasteiger partial charge in [-0.2, -0.15) is 8.42 Å². The van der Waals surface area contributed by atoms with Crippen molar-refractivity contribution in [2.24, 2.45) is 0 Å². The van der Waals surface area contributed by atoms with E-state index in [-0.39, 0.29) is 19.4 Å². The van der Waals surface area contributed by atoms with Crippen molar-refractivity contribution in [2.75, 3.05) is 19.0 Å². The number of allylic oxidation sites excluding steroid dienone is 4. The van der Waals surface area contributed by atoms with Crippen LogP contribution < -0.4 is 0 Å². The molecule has 6 atom stereocenters. The highest BCUT2D eigenvalue weighted by Crippen LogP contribution is 2.24. The fourth-order valence-electron chi connectivity index (χ4n) is 9.02. The molecule has 412 valence electrons. The van der Waals surface area contributed by atoms with Crippen LogP contribution >= 0.6 is 0 Å². The van der Waals surface area contributed by atoms with Crippen molar-refractivity contribution in [3.05, 3.63) is 24.3 Å². The molecule has 6 unspecified atom stereocenters. The minimum Gasteiger partial charge on any atom is -0.462 e. The van der Waals surface area contributed by atoms with E-state index in [4.69, 9.17) is 18.9 Å². The number of hydrogen-bond donors (Lipinski definition) is 4. The molecule has 0 radical (unpaired) electrons. The molecule has 1 heterocycles. The van der Waals surface area contributed by atoms with Crippen LogP contribution in [0.1, 0.15) is 271 Å². The van der Waals surface area contributed by atoms with Crippen LogP contribution in [0.2, 0.25) is 0 Å². The molecule has 0 saturated carbocycles. The monoisotopic (exact) mass is 1010 g/mol. The Bertz CT molecular complexity index is 1370. The van der Waals surface area contributed by atoms with Crippen LogP contribution in [-0.4, -0.2) is 96.0 Å². The SMILES string of the molecule is CCCCCCCCCC/C=C\CCCCCCCCCCCC(=O)OCC(COC1OC(CS(=O)(=O)O)C(O)C(O)C1O)OC(=O)CCCCCCCCCCC/C=C\CCCCCCCCCC. The molecule has 0 bridgehead atoms. The Morgan fingerprint density at radius 3 is 1.19 bits per heavy atom. The van der Waals surface area contributed by atoms with Gasteiger partial charge in [-0.05, 0) is 64.2 Å². The van der Waals surface area contributed by atoms with Gasteiger partial charge in [0.2, 0.25) is 0 Å². The van der Waals surface area contributed by atoms with Crippen LogP contribution in [0.4, 0.5) is 0 Å². The van der Waals surface area contributed by atoms with Gasteiger partial charge in [0.15, 0.2) is 12.4 Å². The number of carbonyl (C=O) groups is 2. The van der Waals surface area contributed by atoms with Gasteiger partial charge in [0.1, 0.15) is 36.8 Å². The van der Waals surface area contributed by atoms with E-state index in [2.05, 4.69) is 38.2 Å². The number of rotatable bonds is 50. The van der Waals surface area contributed by atoms with Crippen molar-refractivity contribution < 1.29 is 56.8 Å². The summed E-state index contributed by atoms with van der Waals surface area (Å²) in [6.07, 6.45) is 46.4. The average Bonchev–Trinajstić information content (AvgIpc) is 3.33. The predicted molar refractivity (Wildman–Crippen MR) is 284 cm³/mol. The van der Waals surface area contributed by atoms with Gasteiger partial charge in [-0.1, -0.05) is 218 Å². The van der Waals surface area contributed by atoms with Gasteiger partial charge in [-0.15, -0.1) is 0 Å². The lowest BCUT2D eigenvalue weighted by Crippen LogP contribution is -2.60. The average molecular weight is 1020 g/mol. The molecule has 1 rings (SSSR count). The minimum atomic E-state index is -4.61. The molecule has 0 amide bonds. The summed E-state index contributed by atoms with van der Waals surface area (Å²) in [6.45, 7) is 3.81. The van der Waals surface area contributed by atoms with Crippen molar-refractivity contribution in [3.63, 3.8) is 0 Å². The molecule has 70 heavy (non-hydrogen) atoms. The molecule has 4 N–H and O–H groups in total. The van der Waals surface area contributed by atoms with Gasteiger partial charge in [-0.25, -0.2) is 0 Å². The number of aliphatic hydroxyl groups is 3. The van der Waals surface area contributed by atoms with Crippen LogP contribution in [0.3, 0.4) is 0 Å². The lowest BCUT2D eigenvalue weighted by Gasteiger charge is -2.40. The Morgan fingerprint density at radius 1 is 0.471 bits per heavy atom. The third-order valence-corrected chi connectivity index (χ3v) is 14.3. The number of aliphatic hydroxyl groups excluding tert-OH is 3. The maximum atomic E-state index is 12.9. The summed E-state index contributed by atoms with van der Waals surface area (Å²) in [4.78, 5) is 25.6. The highest BCUT2D eigenvalue weighted by molar-refractivity contribution is 7.85. The number of esters is 2. The van der Waals surface area contributed by atoms with Crippen molar-refractivity contribution in [1.82, 2.24) is 0 Å². The molecule has 1 saturated heterocycles. The highest BCUT2D eigenvalue weighted by Gasteiger charge is 2.46. The van der Waals surface area contributed by atoms with Crippen molar-refractivity contribution in [2.45, 2.75) is 307 Å². The van der Waals surface area contributed by atoms with Gasteiger partial charge < -0.3 is 34.3 Å². The van der Waals surface area contributed by atoms with Crippen molar-refractivity contribution in [1.29, 1.82) is 0 Å². The topological polar surface area (TPSA) is 186 Å². The highest BCUT2D eigenvalue weighted by atomic mass is 32.2. The molecule has 0 aromatic rings. The van der Waals surface area contributed by atoms with E-state index < -0.39 is 71.2 Å². The number of unbranched alkanes of at least 4 members (excludes halogenated alkanes) is 34. The lowest BCUT2D eigenvalue weighted by atomic mass is 10.00. The zero-order chi connectivity index (χ0) is 51.2. The largest absolute Gasteiger partial charge is 0.462 e. The third-order valence-electron chi connectivity index (χ3n) is 13.5. The molecular formula is C57H106O12S. The standard InChI is InChI=1S/C57H106O12S/c1-3-5-7-9-11-13-15-17-19-21-23-25-27-29-31-33-35-37-39-41-43-45-52(58)66-47-50(48-67-57-56(62)55(61)54(60)51(69-57)49-70(63,64)65)68-53(59)46-44-42-40-38-36-34-32-30-28-26-24-22-20-18-16-14-12-10-8-6-4-2/h21-24,50-51,54-57,60-62H,3-20,25-49H2,1-2H3,(H,63,64,65)/b23-21-,24-22-. The van der Waals surface area contributed by atoms with Gasteiger partial charge in [0.05, 0.1) is 6.61 Å². The second kappa shape index (κ2) is 46.9. The second-order valence-corrected chi connectivity index (χ2v) is 21.8. The predicted octanol–water partition coefficient (Wildman–Crippen LogP) is 13.9. The molecule has 0 aromatic carbocycles. The molecule has 0 spiro atoms. The second-order valence-electron chi connectivity index (χ2n) is 20.3. The Balaban J connectivity index is 2.31. The zero-order valence-electron chi connectivity index (χ0n) is 44.6. The maximum Gasteiger partial charge on any atom is 0.306 e. The zero-order valence-corrected chi connectivity index (χ0v) is 45.5. The smallest absolute Gasteiger partial charge is 0.306 e. The molecule has 13 heteroatoms. The van der Waals surface area contributed by atoms with Gasteiger partial charge >= 0.3 is 11.9 Å². The molecule has 1 aliphatic rings. The van der Waals surface area contributed by atoms with Gasteiger partial charge in [-0.3, -0.25) is 14.1 Å². The first-order chi connectivity index (χ1) is 34.0. The molecule has 0 aromatic heterocycles. The summed E-state index contributed by atoms with van der Waals surface area (Å²) < 4.78 is 54.4. The summed E-state index contributed by atoms with van der Waals surface area (Å²) in [5, 5.41) is 31.1. The Hall–Kier alpha value is -1.87. The van der Waals surface area contributed by atoms with Gasteiger partial charge in [0, 0.05) is 12.8 Å². The fourth-order valence-corrected chi connectivity index (χ4v) is 9.71. The van der Waals surface area contributed by atoms with E-state index in [1.54, 1.807) is 0 Å². The van der Waals surface area contributed by atoms with E-state index in [0.717, 1.165) is 38.5 Å². The van der Waals surface area contributed by atoms with Crippen LogP contribution in [0, 0.1) is 0 Å². The van der Waals surface area contributed by atoms with Crippen LogP contribution in [-0.2, 0) is 38.7 Å². The normalized spacial score (nSPS) is 19.1. The summed E-state index contributed by atoms with van der Waals surface area (Å²) in [5.41, 5.74) is 0. The van der Waals surface area contributed by atoms with Crippen molar-refractivity contribution in [3.8, 4) is 0 Å². The molecule has 1 fully saturated rings. The number of carbonyl (C=O) groups excluding carboxylic acids is 2. The van der Waals surface area contributed by atoms with Crippen LogP contribution in [0.5, 0.6) is 0 Å². The molecule has 1 aliphatic heterocycles. The Morgan fingerprint density at radius 2 is 0.814 bits per heavy atom. The third kappa shape index (κ3) is 40.6. The van der Waals surface area contributed by atoms with E-state index >= 15 is 0 Å². The summed E-state index contributed by atoms with van der Waals surface area (Å²) in [5.74, 6) is -1.97. The van der Waals surface area contributed by atoms with E-state index in [0.29, 0.717) is 12.8 Å². The fraction of sp³-hybridized carbons (Fsp3) is 0.895. The Kier molecular flexibility index (Phi) is 44.3. The van der Waals surface area contributed by atoms with E-state index in [9.17, 15) is 37.9 Å². The first kappa shape index (κ1) is 66.1. The van der Waals surface area contributed by atoms with Gasteiger partial charge in [0.25, 0.3) is 10.1 Å². The molecule has 12 nitrogen and oxygen atoms in total. The summed E-state index contributed by atoms with van der Waals surface area (Å²) >= 11 is 0. The molecular weight excluding hydrogens is 909 g/mol. The van der Waals surface area contributed by atoms with Crippen molar-refractivity contribution >= 4 is 22.1 Å². The van der Waals surface area contributed by atoms with Crippen LogP contribution in [0.25, 0.3) is 0 Å². The molecule has 0 aliphatic carbocycles. The van der Waals surface area contributed by atoms with Crippen LogP contribution in [0.15, 0.2) is 24.3 Å². The first-order valence-corrected chi connectivity index (χ1v) is 30.5. The number of hydrogen-bond acceptors (Lipinski definition) is 11. The lowest BCUT2D eigenvalue weighted by molar-refractivity contribution is -0.297. The van der Waals surface area contributed by atoms with E-state index in [1.807, 2.05) is 0 Å². The Labute approximate surface area is 428 Å². The van der Waals surface area contributed by atoms with E-state index in [1.165, 1.54) is 193 Å². The quantitative estimate of drug-likeness (QED) is 0.0196. The summed E-state index contributed by atoms with van der Waals surface area (Å²) in [7, 11) is -4.61.